The van der Waals surface area contributed by atoms with E-state index < -0.39 is 12.2 Å². The van der Waals surface area contributed by atoms with Crippen molar-refractivity contribution in [3.05, 3.63) is 47.0 Å². The van der Waals surface area contributed by atoms with E-state index in [1.54, 1.807) is 23.4 Å². The molecule has 0 saturated carbocycles. The third kappa shape index (κ3) is 2.17. The lowest BCUT2D eigenvalue weighted by Crippen LogP contribution is -2.49. The molecule has 5 nitrogen and oxygen atoms in total. The highest BCUT2D eigenvalue weighted by atomic mass is 35.5. The summed E-state index contributed by atoms with van der Waals surface area (Å²) in [5, 5.41) is 9.87. The van der Waals surface area contributed by atoms with Gasteiger partial charge in [0.15, 0.2) is 0 Å². The molecular weight excluding hydrogens is 333 g/mol. The number of anilines is 1. The van der Waals surface area contributed by atoms with Gasteiger partial charge in [0.2, 0.25) is 0 Å². The second-order valence-corrected chi connectivity index (χ2v) is 6.63. The van der Waals surface area contributed by atoms with E-state index in [2.05, 4.69) is 4.98 Å². The number of hydrogen-bond acceptors (Lipinski definition) is 4. The maximum absolute atomic E-state index is 14.9. The van der Waals surface area contributed by atoms with Crippen molar-refractivity contribution in [1.82, 2.24) is 9.88 Å². The Labute approximate surface area is 144 Å². The Hall–Kier alpha value is -1.92. The number of halogens is 2. The number of pyridine rings is 1. The van der Waals surface area contributed by atoms with Gasteiger partial charge >= 0.3 is 0 Å². The molecule has 0 radical (unpaired) electrons. The summed E-state index contributed by atoms with van der Waals surface area (Å²) in [6.45, 7) is -0.346. The van der Waals surface area contributed by atoms with Crippen LogP contribution in [-0.2, 0) is 11.4 Å². The van der Waals surface area contributed by atoms with Crippen LogP contribution in [0.2, 0.25) is 5.02 Å². The van der Waals surface area contributed by atoms with Gasteiger partial charge in [-0.1, -0.05) is 17.7 Å². The number of alkyl halides is 1. The van der Waals surface area contributed by atoms with E-state index in [0.717, 1.165) is 25.0 Å². The van der Waals surface area contributed by atoms with Gasteiger partial charge in [-0.2, -0.15) is 0 Å². The van der Waals surface area contributed by atoms with E-state index in [1.165, 1.54) is 11.1 Å². The summed E-state index contributed by atoms with van der Waals surface area (Å²) in [5.41, 5.74) is 1.26. The topological polar surface area (TPSA) is 56.7 Å². The fourth-order valence-corrected chi connectivity index (χ4v) is 4.02. The monoisotopic (exact) mass is 349 g/mol. The summed E-state index contributed by atoms with van der Waals surface area (Å²) in [5.74, 6) is -0.353. The lowest BCUT2D eigenvalue weighted by atomic mass is 9.90. The minimum atomic E-state index is -1.24. The van der Waals surface area contributed by atoms with E-state index >= 15 is 0 Å². The highest BCUT2D eigenvalue weighted by molar-refractivity contribution is 6.31. The van der Waals surface area contributed by atoms with Crippen molar-refractivity contribution in [1.29, 1.82) is 0 Å². The summed E-state index contributed by atoms with van der Waals surface area (Å²) in [6, 6.07) is 0.671. The number of amides is 1. The van der Waals surface area contributed by atoms with Crippen molar-refractivity contribution in [3.8, 4) is 0 Å². The van der Waals surface area contributed by atoms with Gasteiger partial charge in [-0.3, -0.25) is 9.69 Å². The molecule has 0 aromatic carbocycles. The number of carbonyl (C=O) groups excluding carboxylic acids is 1. The highest BCUT2D eigenvalue weighted by Gasteiger charge is 2.51. The number of fused-ring (bicyclic) bond motifs is 3. The van der Waals surface area contributed by atoms with E-state index in [9.17, 15) is 14.3 Å². The van der Waals surface area contributed by atoms with Gasteiger partial charge in [-0.25, -0.2) is 9.37 Å². The molecule has 1 N–H and O–H groups in total. The maximum atomic E-state index is 14.9. The van der Waals surface area contributed by atoms with E-state index in [1.807, 2.05) is 6.08 Å². The molecule has 4 rings (SSSR count). The van der Waals surface area contributed by atoms with Crippen LogP contribution in [0.3, 0.4) is 0 Å². The predicted molar refractivity (Wildman–Crippen MR) is 87.7 cm³/mol. The molecular formula is C17H17ClFN3O2. The maximum Gasteiger partial charge on any atom is 0.258 e. The Morgan fingerprint density at radius 1 is 1.42 bits per heavy atom. The standard InChI is InChI=1S/C17H17ClFN3O2/c18-12-5-6-20-16(11(12)9-23)22-8-7-21-13-4-2-1-3-10(13)14(19)15(21)17(22)24/h4-8,10,14-15,23H,1-3,9H2. The molecule has 3 aliphatic rings. The van der Waals surface area contributed by atoms with Crippen molar-refractivity contribution < 1.29 is 14.3 Å². The third-order valence-corrected chi connectivity index (χ3v) is 5.32. The molecule has 126 valence electrons. The SMILES string of the molecule is O=C1C2C(F)C3CCCC=C3N2C=CN1c1nccc(Cl)c1CO. The highest BCUT2D eigenvalue weighted by Crippen LogP contribution is 2.44. The number of nitrogens with zero attached hydrogens (tertiary/aromatic N) is 3. The average Bonchev–Trinajstić information content (AvgIpc) is 2.89. The zero-order valence-electron chi connectivity index (χ0n) is 12.9. The number of aliphatic hydroxyl groups excluding tert-OH is 1. The second kappa shape index (κ2) is 5.86. The minimum Gasteiger partial charge on any atom is -0.391 e. The molecule has 3 unspecified atom stereocenters. The smallest absolute Gasteiger partial charge is 0.258 e. The number of aromatic nitrogens is 1. The van der Waals surface area contributed by atoms with E-state index in [0.29, 0.717) is 10.6 Å². The molecule has 24 heavy (non-hydrogen) atoms. The van der Waals surface area contributed by atoms with Crippen LogP contribution in [0.1, 0.15) is 24.8 Å². The fraction of sp³-hybridized carbons (Fsp3) is 0.412. The van der Waals surface area contributed by atoms with Gasteiger partial charge in [0, 0.05) is 35.8 Å². The molecule has 1 aromatic rings. The first-order chi connectivity index (χ1) is 11.6. The summed E-state index contributed by atoms with van der Waals surface area (Å²) < 4.78 is 14.9. The summed E-state index contributed by atoms with van der Waals surface area (Å²) in [4.78, 5) is 20.2. The average molecular weight is 350 g/mol. The Morgan fingerprint density at radius 2 is 2.25 bits per heavy atom. The fourth-order valence-electron chi connectivity index (χ4n) is 3.82. The van der Waals surface area contributed by atoms with Crippen LogP contribution in [-0.4, -0.2) is 33.1 Å². The summed E-state index contributed by atoms with van der Waals surface area (Å²) in [7, 11) is 0. The molecule has 3 heterocycles. The molecule has 0 spiro atoms. The number of allylic oxidation sites excluding steroid dienone is 2. The van der Waals surface area contributed by atoms with Crippen LogP contribution in [0.5, 0.6) is 0 Å². The van der Waals surface area contributed by atoms with E-state index in [4.69, 9.17) is 11.6 Å². The zero-order chi connectivity index (χ0) is 16.8. The number of hydrogen-bond donors (Lipinski definition) is 1. The number of rotatable bonds is 2. The molecule has 1 aliphatic carbocycles. The van der Waals surface area contributed by atoms with Gasteiger partial charge in [0.1, 0.15) is 18.0 Å². The second-order valence-electron chi connectivity index (χ2n) is 6.22. The Kier molecular flexibility index (Phi) is 3.81. The van der Waals surface area contributed by atoms with Gasteiger partial charge < -0.3 is 10.0 Å². The van der Waals surface area contributed by atoms with Crippen molar-refractivity contribution in [2.45, 2.75) is 38.1 Å². The molecule has 3 atom stereocenters. The third-order valence-electron chi connectivity index (χ3n) is 4.97. The quantitative estimate of drug-likeness (QED) is 0.892. The molecule has 1 aromatic heterocycles. The summed E-state index contributed by atoms with van der Waals surface area (Å²) >= 11 is 6.08. The first-order valence-corrected chi connectivity index (χ1v) is 8.39. The number of aliphatic hydroxyl groups is 1. The molecule has 0 bridgehead atoms. The van der Waals surface area contributed by atoms with E-state index in [-0.39, 0.29) is 24.2 Å². The van der Waals surface area contributed by atoms with Gasteiger partial charge in [0.05, 0.1) is 11.6 Å². The van der Waals surface area contributed by atoms with Crippen LogP contribution >= 0.6 is 11.6 Å². The van der Waals surface area contributed by atoms with Crippen LogP contribution in [0, 0.1) is 5.92 Å². The summed E-state index contributed by atoms with van der Waals surface area (Å²) in [6.07, 6.45) is 8.17. The lowest BCUT2D eigenvalue weighted by Gasteiger charge is -2.33. The van der Waals surface area contributed by atoms with Gasteiger partial charge in [-0.15, -0.1) is 0 Å². The van der Waals surface area contributed by atoms with Crippen LogP contribution < -0.4 is 4.90 Å². The normalized spacial score (nSPS) is 28.7. The van der Waals surface area contributed by atoms with Crippen molar-refractivity contribution in [2.24, 2.45) is 5.92 Å². The molecule has 7 heteroatoms. The Bertz CT molecular complexity index is 751. The number of carbonyl (C=O) groups is 1. The first-order valence-electron chi connectivity index (χ1n) is 8.01. The molecule has 1 amide bonds. The minimum absolute atomic E-state index is 0.220. The first kappa shape index (κ1) is 15.6. The van der Waals surface area contributed by atoms with Crippen molar-refractivity contribution >= 4 is 23.3 Å². The molecule has 1 fully saturated rings. The zero-order valence-corrected chi connectivity index (χ0v) is 13.7. The van der Waals surface area contributed by atoms with Crippen molar-refractivity contribution in [3.63, 3.8) is 0 Å². The van der Waals surface area contributed by atoms with Crippen LogP contribution in [0.15, 0.2) is 36.4 Å². The van der Waals surface area contributed by atoms with Crippen LogP contribution in [0.25, 0.3) is 0 Å². The molecule has 2 aliphatic heterocycles. The van der Waals surface area contributed by atoms with Gasteiger partial charge in [-0.05, 0) is 25.3 Å². The largest absolute Gasteiger partial charge is 0.391 e. The Balaban J connectivity index is 1.75. The van der Waals surface area contributed by atoms with Gasteiger partial charge in [0.25, 0.3) is 5.91 Å². The molecule has 1 saturated heterocycles. The predicted octanol–water partition coefficient (Wildman–Crippen LogP) is 2.75. The Morgan fingerprint density at radius 3 is 3.04 bits per heavy atom. The van der Waals surface area contributed by atoms with Crippen molar-refractivity contribution in [2.75, 3.05) is 4.90 Å². The lowest BCUT2D eigenvalue weighted by molar-refractivity contribution is -0.123. The van der Waals surface area contributed by atoms with Crippen LogP contribution in [0.4, 0.5) is 10.2 Å².